The molecule has 0 aliphatic heterocycles. The lowest BCUT2D eigenvalue weighted by atomic mass is 10.1. The van der Waals surface area contributed by atoms with Gasteiger partial charge in [0, 0.05) is 6.54 Å². The molecular weight excluding hydrogens is 239 g/mol. The van der Waals surface area contributed by atoms with Gasteiger partial charge in [-0.3, -0.25) is 0 Å². The topological polar surface area (TPSA) is 15.3 Å². The Morgan fingerprint density at radius 1 is 1.35 bits per heavy atom. The maximum Gasteiger partial charge on any atom is 0.141 e. The lowest BCUT2D eigenvalue weighted by Gasteiger charge is -2.16. The van der Waals surface area contributed by atoms with Gasteiger partial charge >= 0.3 is 0 Å². The van der Waals surface area contributed by atoms with Gasteiger partial charge in [0.25, 0.3) is 0 Å². The van der Waals surface area contributed by atoms with Crippen LogP contribution in [0.1, 0.15) is 12.0 Å². The molecule has 1 N–H and O–H groups in total. The number of rotatable bonds is 7. The van der Waals surface area contributed by atoms with Crippen molar-refractivity contribution in [1.82, 2.24) is 10.2 Å². The smallest absolute Gasteiger partial charge is 0.141 e. The van der Waals surface area contributed by atoms with E-state index in [1.165, 1.54) is 6.07 Å². The van der Waals surface area contributed by atoms with Crippen LogP contribution in [-0.2, 0) is 6.42 Å². The third kappa shape index (κ3) is 5.48. The Kier molecular flexibility index (Phi) is 6.48. The summed E-state index contributed by atoms with van der Waals surface area (Å²) in [5.74, 6) is -0.349. The van der Waals surface area contributed by atoms with E-state index in [0.717, 1.165) is 38.0 Å². The van der Waals surface area contributed by atoms with Crippen molar-refractivity contribution in [2.75, 3.05) is 33.7 Å². The largest absolute Gasteiger partial charge is 0.320 e. The van der Waals surface area contributed by atoms with Crippen molar-refractivity contribution in [3.05, 3.63) is 34.6 Å². The molecule has 0 radical (unpaired) electrons. The first-order chi connectivity index (χ1) is 8.13. The van der Waals surface area contributed by atoms with E-state index in [0.29, 0.717) is 0 Å². The monoisotopic (exact) mass is 258 g/mol. The van der Waals surface area contributed by atoms with Crippen LogP contribution in [0, 0.1) is 5.82 Å². The fourth-order valence-electron chi connectivity index (χ4n) is 1.65. The average molecular weight is 259 g/mol. The highest BCUT2D eigenvalue weighted by molar-refractivity contribution is 6.30. The van der Waals surface area contributed by atoms with E-state index < -0.39 is 0 Å². The summed E-state index contributed by atoms with van der Waals surface area (Å²) in [6.45, 7) is 3.06. The fraction of sp³-hybridized carbons (Fsp3) is 0.538. The second-order valence-electron chi connectivity index (χ2n) is 4.26. The van der Waals surface area contributed by atoms with Gasteiger partial charge in [-0.05, 0) is 57.7 Å². The maximum atomic E-state index is 13.0. The minimum Gasteiger partial charge on any atom is -0.320 e. The van der Waals surface area contributed by atoms with Crippen LogP contribution in [0.2, 0.25) is 5.02 Å². The van der Waals surface area contributed by atoms with Crippen LogP contribution in [0.25, 0.3) is 0 Å². The summed E-state index contributed by atoms with van der Waals surface area (Å²) in [5.41, 5.74) is 1.08. The number of nitrogens with one attached hydrogen (secondary N) is 1. The number of halogens is 2. The summed E-state index contributed by atoms with van der Waals surface area (Å²) in [4.78, 5) is 2.27. The van der Waals surface area contributed by atoms with Gasteiger partial charge in [-0.25, -0.2) is 4.39 Å². The van der Waals surface area contributed by atoms with E-state index in [1.54, 1.807) is 12.1 Å². The second kappa shape index (κ2) is 7.64. The van der Waals surface area contributed by atoms with E-state index >= 15 is 0 Å². The number of likely N-dealkylation sites (N-methyl/N-ethyl adjacent to an activating group) is 1. The van der Waals surface area contributed by atoms with Crippen molar-refractivity contribution in [3.8, 4) is 0 Å². The first-order valence-corrected chi connectivity index (χ1v) is 6.28. The van der Waals surface area contributed by atoms with Crippen LogP contribution in [0.5, 0.6) is 0 Å². The molecule has 0 bridgehead atoms. The molecule has 1 aromatic rings. The molecule has 0 spiro atoms. The standard InChI is InChI=1S/C13H20ClFN2/c1-16-7-3-8-17(2)9-6-11-4-5-13(15)12(14)10-11/h4-5,10,16H,3,6-9H2,1-2H3. The van der Waals surface area contributed by atoms with Crippen LogP contribution in [-0.4, -0.2) is 38.6 Å². The van der Waals surface area contributed by atoms with Crippen molar-refractivity contribution < 1.29 is 4.39 Å². The molecule has 2 nitrogen and oxygen atoms in total. The zero-order chi connectivity index (χ0) is 12.7. The summed E-state index contributed by atoms with van der Waals surface area (Å²) in [6, 6.07) is 4.93. The molecule has 0 fully saturated rings. The van der Waals surface area contributed by atoms with Crippen LogP contribution in [0.3, 0.4) is 0 Å². The van der Waals surface area contributed by atoms with E-state index in [4.69, 9.17) is 11.6 Å². The fourth-order valence-corrected chi connectivity index (χ4v) is 1.86. The van der Waals surface area contributed by atoms with Crippen LogP contribution in [0.15, 0.2) is 18.2 Å². The van der Waals surface area contributed by atoms with Crippen molar-refractivity contribution in [2.45, 2.75) is 12.8 Å². The van der Waals surface area contributed by atoms with Gasteiger partial charge in [-0.2, -0.15) is 0 Å². The highest BCUT2D eigenvalue weighted by Crippen LogP contribution is 2.16. The maximum absolute atomic E-state index is 13.0. The summed E-state index contributed by atoms with van der Waals surface area (Å²) in [6.07, 6.45) is 2.03. The van der Waals surface area contributed by atoms with E-state index in [9.17, 15) is 4.39 Å². The highest BCUT2D eigenvalue weighted by atomic mass is 35.5. The van der Waals surface area contributed by atoms with Gasteiger partial charge in [0.05, 0.1) is 5.02 Å². The van der Waals surface area contributed by atoms with Crippen LogP contribution >= 0.6 is 11.6 Å². The summed E-state index contributed by atoms with van der Waals surface area (Å²) in [5, 5.41) is 3.33. The van der Waals surface area contributed by atoms with Gasteiger partial charge in [-0.15, -0.1) is 0 Å². The normalized spacial score (nSPS) is 11.1. The van der Waals surface area contributed by atoms with E-state index in [2.05, 4.69) is 17.3 Å². The van der Waals surface area contributed by atoms with Gasteiger partial charge in [0.2, 0.25) is 0 Å². The Morgan fingerprint density at radius 2 is 2.12 bits per heavy atom. The molecule has 0 saturated heterocycles. The molecule has 1 aromatic carbocycles. The lowest BCUT2D eigenvalue weighted by molar-refractivity contribution is 0.332. The SMILES string of the molecule is CNCCCN(C)CCc1ccc(F)c(Cl)c1. The number of benzene rings is 1. The van der Waals surface area contributed by atoms with E-state index in [1.807, 2.05) is 7.05 Å². The molecule has 0 aliphatic carbocycles. The summed E-state index contributed by atoms with van der Waals surface area (Å²) in [7, 11) is 4.06. The zero-order valence-corrected chi connectivity index (χ0v) is 11.2. The molecule has 1 rings (SSSR count). The predicted molar refractivity (Wildman–Crippen MR) is 71.2 cm³/mol. The lowest BCUT2D eigenvalue weighted by Crippen LogP contribution is -2.24. The molecule has 0 unspecified atom stereocenters. The molecule has 17 heavy (non-hydrogen) atoms. The Bertz CT molecular complexity index is 344. The first kappa shape index (κ1) is 14.4. The Hall–Kier alpha value is -0.640. The summed E-state index contributed by atoms with van der Waals surface area (Å²) < 4.78 is 13.0. The zero-order valence-electron chi connectivity index (χ0n) is 10.5. The van der Waals surface area contributed by atoms with Crippen LogP contribution in [0.4, 0.5) is 4.39 Å². The second-order valence-corrected chi connectivity index (χ2v) is 4.67. The Balaban J connectivity index is 2.31. The third-order valence-corrected chi connectivity index (χ3v) is 3.02. The van der Waals surface area contributed by atoms with Gasteiger partial charge in [0.1, 0.15) is 5.82 Å². The minimum atomic E-state index is -0.349. The number of hydrogen-bond donors (Lipinski definition) is 1. The van der Waals surface area contributed by atoms with Gasteiger partial charge in [0.15, 0.2) is 0 Å². The Labute approximate surface area is 108 Å². The first-order valence-electron chi connectivity index (χ1n) is 5.90. The van der Waals surface area contributed by atoms with Gasteiger partial charge in [-0.1, -0.05) is 17.7 Å². The highest BCUT2D eigenvalue weighted by Gasteiger charge is 2.03. The molecule has 0 atom stereocenters. The Morgan fingerprint density at radius 3 is 2.76 bits per heavy atom. The minimum absolute atomic E-state index is 0.209. The molecule has 4 heteroatoms. The van der Waals surface area contributed by atoms with E-state index in [-0.39, 0.29) is 10.8 Å². The van der Waals surface area contributed by atoms with Crippen LogP contribution < -0.4 is 5.32 Å². The van der Waals surface area contributed by atoms with Crippen molar-refractivity contribution in [3.63, 3.8) is 0 Å². The van der Waals surface area contributed by atoms with Gasteiger partial charge < -0.3 is 10.2 Å². The number of hydrogen-bond acceptors (Lipinski definition) is 2. The van der Waals surface area contributed by atoms with Crippen molar-refractivity contribution in [2.24, 2.45) is 0 Å². The molecule has 0 heterocycles. The molecule has 0 amide bonds. The average Bonchev–Trinajstić information content (AvgIpc) is 2.31. The molecule has 0 aromatic heterocycles. The van der Waals surface area contributed by atoms with Crippen molar-refractivity contribution in [1.29, 1.82) is 0 Å². The van der Waals surface area contributed by atoms with Crippen molar-refractivity contribution >= 4 is 11.6 Å². The molecule has 0 saturated carbocycles. The summed E-state index contributed by atoms with van der Waals surface area (Å²) >= 11 is 5.73. The predicted octanol–water partition coefficient (Wildman–Crippen LogP) is 2.56. The quantitative estimate of drug-likeness (QED) is 0.757. The number of nitrogens with zero attached hydrogens (tertiary/aromatic N) is 1. The molecule has 96 valence electrons. The molecule has 0 aliphatic rings. The third-order valence-electron chi connectivity index (χ3n) is 2.73. The molecular formula is C13H20ClFN2.